The average Bonchev–Trinajstić information content (AvgIpc) is 1.99. The normalized spacial score (nSPS) is 13.5. The van der Waals surface area contributed by atoms with E-state index in [2.05, 4.69) is 6.58 Å². The van der Waals surface area contributed by atoms with E-state index in [0.717, 1.165) is 0 Å². The Morgan fingerprint density at radius 1 is 1.50 bits per heavy atom. The van der Waals surface area contributed by atoms with E-state index in [1.165, 1.54) is 6.92 Å². The van der Waals surface area contributed by atoms with Crippen molar-refractivity contribution in [2.24, 2.45) is 0 Å². The van der Waals surface area contributed by atoms with E-state index in [9.17, 15) is 4.79 Å². The van der Waals surface area contributed by atoms with E-state index in [-0.39, 0.29) is 18.0 Å². The maximum absolute atomic E-state index is 11.0. The molecule has 0 amide bonds. The van der Waals surface area contributed by atoms with Crippen LogP contribution in [0.25, 0.3) is 0 Å². The second kappa shape index (κ2) is 5.25. The minimum atomic E-state index is -4.01. The molecule has 0 bridgehead atoms. The van der Waals surface area contributed by atoms with Gasteiger partial charge >= 0.3 is 14.8 Å². The van der Waals surface area contributed by atoms with Crippen molar-refractivity contribution in [3.8, 4) is 0 Å². The first-order chi connectivity index (χ1) is 6.22. The number of hydrogen-bond acceptors (Lipinski definition) is 5. The van der Waals surface area contributed by atoms with Crippen molar-refractivity contribution in [3.05, 3.63) is 12.2 Å². The Hall–Kier alpha value is -0.693. The number of carbonyl (C=O) groups is 1. The van der Waals surface area contributed by atoms with Gasteiger partial charge < -0.3 is 19.1 Å². The van der Waals surface area contributed by atoms with Crippen molar-refractivity contribution >= 4 is 14.8 Å². The maximum atomic E-state index is 11.0. The van der Waals surface area contributed by atoms with Crippen LogP contribution in [-0.2, 0) is 9.53 Å². The summed E-state index contributed by atoms with van der Waals surface area (Å²) in [5, 5.41) is 0. The Kier molecular flexibility index (Phi) is 4.99. The molecule has 14 heavy (non-hydrogen) atoms. The van der Waals surface area contributed by atoms with Crippen LogP contribution in [0.5, 0.6) is 0 Å². The Labute approximate surface area is 84.0 Å². The van der Waals surface area contributed by atoms with Gasteiger partial charge in [-0.25, -0.2) is 4.79 Å². The smallest absolute Gasteiger partial charge is 0.459 e. The third-order valence-corrected chi connectivity index (χ3v) is 2.50. The summed E-state index contributed by atoms with van der Waals surface area (Å²) in [5.41, 5.74) is 0.289. The molecule has 1 unspecified atom stereocenters. The van der Waals surface area contributed by atoms with Crippen molar-refractivity contribution in [1.29, 1.82) is 0 Å². The molecule has 1 atom stereocenters. The molecule has 0 aromatic rings. The highest BCUT2D eigenvalue weighted by Crippen LogP contribution is 2.09. The molecular weight excluding hydrogens is 204 g/mol. The van der Waals surface area contributed by atoms with Gasteiger partial charge in [0.1, 0.15) is 0 Å². The summed E-state index contributed by atoms with van der Waals surface area (Å²) in [7, 11) is -4.01. The third kappa shape index (κ3) is 6.78. The van der Waals surface area contributed by atoms with Gasteiger partial charge in [-0.2, -0.15) is 0 Å². The third-order valence-electron chi connectivity index (χ3n) is 1.54. The number of hydrogen-bond donors (Lipinski definition) is 3. The fourth-order valence-electron chi connectivity index (χ4n) is 0.739. The van der Waals surface area contributed by atoms with Gasteiger partial charge in [0.2, 0.25) is 0 Å². The molecule has 3 N–H and O–H groups in total. The summed E-state index contributed by atoms with van der Waals surface area (Å²) in [6, 6.07) is -0.141. The zero-order chi connectivity index (χ0) is 11.4. The number of carbonyl (C=O) groups excluding carboxylic acids is 1. The fourth-order valence-corrected chi connectivity index (χ4v) is 1.53. The molecular formula is C8H16O5Si. The standard InChI is InChI=1S/C8H16O5Si/c1-6(2)8(9)13-7(3)4-5-14(10,11)12/h7,10-12H,1,4-5H2,2-3H3. The molecule has 82 valence electrons. The largest absolute Gasteiger partial charge is 0.492 e. The minimum absolute atomic E-state index is 0.141. The molecule has 0 fully saturated rings. The molecule has 0 aromatic carbocycles. The van der Waals surface area contributed by atoms with Gasteiger partial charge in [0.25, 0.3) is 0 Å². The summed E-state index contributed by atoms with van der Waals surface area (Å²) >= 11 is 0. The SMILES string of the molecule is C=C(C)C(=O)OC(C)CC[Si](O)(O)O. The first kappa shape index (κ1) is 13.3. The highest BCUT2D eigenvalue weighted by Gasteiger charge is 2.27. The number of esters is 1. The lowest BCUT2D eigenvalue weighted by molar-refractivity contribution is -0.143. The zero-order valence-electron chi connectivity index (χ0n) is 8.36. The second-order valence-electron chi connectivity index (χ2n) is 3.31. The molecule has 0 radical (unpaired) electrons. The van der Waals surface area contributed by atoms with E-state index in [1.807, 2.05) is 0 Å². The Morgan fingerprint density at radius 2 is 2.00 bits per heavy atom. The first-order valence-electron chi connectivity index (χ1n) is 4.26. The van der Waals surface area contributed by atoms with E-state index in [4.69, 9.17) is 19.1 Å². The minimum Gasteiger partial charge on any atom is -0.459 e. The highest BCUT2D eigenvalue weighted by atomic mass is 28.4. The van der Waals surface area contributed by atoms with E-state index < -0.39 is 20.9 Å². The molecule has 0 aliphatic carbocycles. The maximum Gasteiger partial charge on any atom is 0.492 e. The quantitative estimate of drug-likeness (QED) is 0.339. The van der Waals surface area contributed by atoms with Crippen LogP contribution in [0.2, 0.25) is 6.04 Å². The Morgan fingerprint density at radius 3 is 2.36 bits per heavy atom. The van der Waals surface area contributed by atoms with Gasteiger partial charge in [-0.3, -0.25) is 0 Å². The lowest BCUT2D eigenvalue weighted by Gasteiger charge is -2.15. The predicted molar refractivity (Wildman–Crippen MR) is 52.2 cm³/mol. The van der Waals surface area contributed by atoms with Crippen LogP contribution in [0, 0.1) is 0 Å². The lowest BCUT2D eigenvalue weighted by atomic mass is 10.3. The summed E-state index contributed by atoms with van der Waals surface area (Å²) in [5.74, 6) is -0.515. The van der Waals surface area contributed by atoms with Gasteiger partial charge in [0, 0.05) is 11.6 Å². The Bertz CT molecular complexity index is 220. The van der Waals surface area contributed by atoms with Gasteiger partial charge in [0.05, 0.1) is 6.10 Å². The van der Waals surface area contributed by atoms with Crippen LogP contribution in [0.15, 0.2) is 12.2 Å². The molecule has 0 aliphatic rings. The molecule has 5 nitrogen and oxygen atoms in total. The molecule has 0 heterocycles. The van der Waals surface area contributed by atoms with Crippen LogP contribution in [-0.4, -0.2) is 35.3 Å². The summed E-state index contributed by atoms with van der Waals surface area (Å²) in [6.07, 6.45) is -0.244. The predicted octanol–water partition coefficient (Wildman–Crippen LogP) is -0.200. The molecule has 0 saturated carbocycles. The Balaban J connectivity index is 3.82. The molecule has 0 saturated heterocycles. The summed E-state index contributed by atoms with van der Waals surface area (Å²) in [4.78, 5) is 37.1. The molecule has 0 spiro atoms. The van der Waals surface area contributed by atoms with Gasteiger partial charge in [-0.1, -0.05) is 6.58 Å². The number of rotatable bonds is 5. The first-order valence-corrected chi connectivity index (χ1v) is 6.31. The van der Waals surface area contributed by atoms with Crippen LogP contribution in [0.3, 0.4) is 0 Å². The van der Waals surface area contributed by atoms with Crippen molar-refractivity contribution in [1.82, 2.24) is 0 Å². The van der Waals surface area contributed by atoms with E-state index in [1.54, 1.807) is 6.92 Å². The van der Waals surface area contributed by atoms with Crippen molar-refractivity contribution in [2.75, 3.05) is 0 Å². The van der Waals surface area contributed by atoms with Gasteiger partial charge in [0.15, 0.2) is 0 Å². The second-order valence-corrected chi connectivity index (χ2v) is 5.36. The van der Waals surface area contributed by atoms with Crippen molar-refractivity contribution < 1.29 is 23.9 Å². The van der Waals surface area contributed by atoms with Crippen molar-refractivity contribution in [2.45, 2.75) is 32.4 Å². The molecule has 6 heteroatoms. The van der Waals surface area contributed by atoms with Crippen LogP contribution in [0.1, 0.15) is 20.3 Å². The van der Waals surface area contributed by atoms with Gasteiger partial charge in [-0.05, 0) is 20.3 Å². The summed E-state index contributed by atoms with van der Waals surface area (Å²) < 4.78 is 4.86. The van der Waals surface area contributed by atoms with Crippen molar-refractivity contribution in [3.63, 3.8) is 0 Å². The fraction of sp³-hybridized carbons (Fsp3) is 0.625. The number of ether oxygens (including phenoxy) is 1. The zero-order valence-corrected chi connectivity index (χ0v) is 9.36. The molecule has 0 aromatic heterocycles. The summed E-state index contributed by atoms with van der Waals surface area (Å²) in [6.45, 7) is 6.54. The monoisotopic (exact) mass is 220 g/mol. The average molecular weight is 220 g/mol. The molecule has 0 aliphatic heterocycles. The molecule has 0 rings (SSSR count). The van der Waals surface area contributed by atoms with Crippen LogP contribution < -0.4 is 0 Å². The van der Waals surface area contributed by atoms with Crippen LogP contribution >= 0.6 is 0 Å². The van der Waals surface area contributed by atoms with Gasteiger partial charge in [-0.15, -0.1) is 0 Å². The van der Waals surface area contributed by atoms with E-state index >= 15 is 0 Å². The lowest BCUT2D eigenvalue weighted by Crippen LogP contribution is -2.35. The highest BCUT2D eigenvalue weighted by molar-refractivity contribution is 6.56. The topological polar surface area (TPSA) is 87.0 Å². The van der Waals surface area contributed by atoms with E-state index in [0.29, 0.717) is 0 Å². The van der Waals surface area contributed by atoms with Crippen LogP contribution in [0.4, 0.5) is 0 Å².